The Kier molecular flexibility index (Phi) is 5.12. The van der Waals surface area contributed by atoms with Gasteiger partial charge in [-0.1, -0.05) is 26.8 Å². The van der Waals surface area contributed by atoms with Crippen molar-refractivity contribution in [2.24, 2.45) is 17.3 Å². The summed E-state index contributed by atoms with van der Waals surface area (Å²) in [6.07, 6.45) is 8.07. The number of nitrogens with zero attached hydrogens (tertiary/aromatic N) is 1. The van der Waals surface area contributed by atoms with Crippen molar-refractivity contribution in [3.63, 3.8) is 0 Å². The van der Waals surface area contributed by atoms with E-state index in [1.54, 1.807) is 0 Å². The maximum Gasteiger partial charge on any atom is 0.0419 e. The van der Waals surface area contributed by atoms with E-state index in [1.807, 2.05) is 6.20 Å². The SMILES string of the molecule is Cc1ccc(CC(Cl)C2CCC(C(C)(C)C)CC2)nc1. The van der Waals surface area contributed by atoms with Gasteiger partial charge in [-0.25, -0.2) is 0 Å². The number of pyridine rings is 1. The average molecular weight is 294 g/mol. The molecule has 112 valence electrons. The molecule has 0 bridgehead atoms. The Morgan fingerprint density at radius 1 is 1.20 bits per heavy atom. The van der Waals surface area contributed by atoms with Gasteiger partial charge in [0.2, 0.25) is 0 Å². The van der Waals surface area contributed by atoms with Crippen LogP contribution in [0.25, 0.3) is 0 Å². The van der Waals surface area contributed by atoms with E-state index in [-0.39, 0.29) is 5.38 Å². The summed E-state index contributed by atoms with van der Waals surface area (Å²) < 4.78 is 0. The van der Waals surface area contributed by atoms with E-state index in [0.717, 1.165) is 18.0 Å². The predicted molar refractivity (Wildman–Crippen MR) is 87.2 cm³/mol. The molecule has 1 aromatic heterocycles. The van der Waals surface area contributed by atoms with Crippen LogP contribution in [0.3, 0.4) is 0 Å². The van der Waals surface area contributed by atoms with Crippen molar-refractivity contribution < 1.29 is 0 Å². The molecule has 0 amide bonds. The second kappa shape index (κ2) is 6.47. The van der Waals surface area contributed by atoms with E-state index in [2.05, 4.69) is 44.8 Å². The van der Waals surface area contributed by atoms with Gasteiger partial charge in [0.1, 0.15) is 0 Å². The van der Waals surface area contributed by atoms with Gasteiger partial charge in [0.25, 0.3) is 0 Å². The van der Waals surface area contributed by atoms with Gasteiger partial charge in [-0.3, -0.25) is 4.98 Å². The highest BCUT2D eigenvalue weighted by Gasteiger charge is 2.32. The van der Waals surface area contributed by atoms with Crippen LogP contribution in [0.4, 0.5) is 0 Å². The van der Waals surface area contributed by atoms with E-state index >= 15 is 0 Å². The van der Waals surface area contributed by atoms with Crippen molar-refractivity contribution in [1.82, 2.24) is 4.98 Å². The first-order chi connectivity index (χ1) is 9.36. The molecule has 2 heteroatoms. The normalized spacial score (nSPS) is 25.4. The molecule has 1 aliphatic rings. The molecule has 20 heavy (non-hydrogen) atoms. The Morgan fingerprint density at radius 2 is 1.85 bits per heavy atom. The minimum Gasteiger partial charge on any atom is -0.261 e. The van der Waals surface area contributed by atoms with Gasteiger partial charge < -0.3 is 0 Å². The van der Waals surface area contributed by atoms with E-state index in [1.165, 1.54) is 31.2 Å². The highest BCUT2D eigenvalue weighted by atomic mass is 35.5. The highest BCUT2D eigenvalue weighted by molar-refractivity contribution is 6.20. The second-order valence-corrected chi connectivity index (χ2v) is 8.09. The topological polar surface area (TPSA) is 12.9 Å². The Bertz CT molecular complexity index is 410. The van der Waals surface area contributed by atoms with Crippen LogP contribution in [0, 0.1) is 24.2 Å². The number of halogens is 1. The van der Waals surface area contributed by atoms with Gasteiger partial charge >= 0.3 is 0 Å². The molecular formula is C18H28ClN. The van der Waals surface area contributed by atoms with Crippen LogP contribution in [0.5, 0.6) is 0 Å². The molecule has 0 aliphatic heterocycles. The van der Waals surface area contributed by atoms with Crippen LogP contribution < -0.4 is 0 Å². The van der Waals surface area contributed by atoms with Gasteiger partial charge in [-0.15, -0.1) is 11.6 Å². The molecule has 0 aromatic carbocycles. The lowest BCUT2D eigenvalue weighted by Crippen LogP contribution is -2.29. The molecule has 0 spiro atoms. The van der Waals surface area contributed by atoms with E-state index in [9.17, 15) is 0 Å². The summed E-state index contributed by atoms with van der Waals surface area (Å²) >= 11 is 6.66. The first kappa shape index (κ1) is 15.8. The lowest BCUT2D eigenvalue weighted by atomic mass is 9.69. The van der Waals surface area contributed by atoms with Gasteiger partial charge in [-0.2, -0.15) is 0 Å². The molecule has 1 fully saturated rings. The fourth-order valence-corrected chi connectivity index (χ4v) is 3.74. The zero-order chi connectivity index (χ0) is 14.8. The van der Waals surface area contributed by atoms with Crippen LogP contribution in [0.1, 0.15) is 57.7 Å². The second-order valence-electron chi connectivity index (χ2n) is 7.52. The summed E-state index contributed by atoms with van der Waals surface area (Å²) in [4.78, 5) is 4.48. The first-order valence-corrected chi connectivity index (χ1v) is 8.35. The Morgan fingerprint density at radius 3 is 2.35 bits per heavy atom. The molecule has 0 N–H and O–H groups in total. The summed E-state index contributed by atoms with van der Waals surface area (Å²) in [6.45, 7) is 9.17. The zero-order valence-electron chi connectivity index (χ0n) is 13.3. The third-order valence-corrected chi connectivity index (χ3v) is 5.40. The smallest absolute Gasteiger partial charge is 0.0419 e. The maximum atomic E-state index is 6.66. The fraction of sp³-hybridized carbons (Fsp3) is 0.722. The highest BCUT2D eigenvalue weighted by Crippen LogP contribution is 2.41. The lowest BCUT2D eigenvalue weighted by Gasteiger charge is -2.38. The van der Waals surface area contributed by atoms with Crippen molar-refractivity contribution in [2.75, 3.05) is 0 Å². The van der Waals surface area contributed by atoms with E-state index in [4.69, 9.17) is 11.6 Å². The van der Waals surface area contributed by atoms with Crippen LogP contribution >= 0.6 is 11.6 Å². The summed E-state index contributed by atoms with van der Waals surface area (Å²) in [5.41, 5.74) is 2.80. The molecular weight excluding hydrogens is 266 g/mol. The lowest BCUT2D eigenvalue weighted by molar-refractivity contribution is 0.148. The van der Waals surface area contributed by atoms with Gasteiger partial charge in [0.05, 0.1) is 0 Å². The van der Waals surface area contributed by atoms with Gasteiger partial charge in [-0.05, 0) is 61.5 Å². The number of hydrogen-bond acceptors (Lipinski definition) is 1. The minimum atomic E-state index is 0.242. The Balaban J connectivity index is 1.85. The Labute approximate surface area is 129 Å². The monoisotopic (exact) mass is 293 g/mol. The third-order valence-electron chi connectivity index (χ3n) is 4.88. The van der Waals surface area contributed by atoms with Crippen molar-refractivity contribution in [3.8, 4) is 0 Å². The fourth-order valence-electron chi connectivity index (χ4n) is 3.33. The van der Waals surface area contributed by atoms with Gasteiger partial charge in [0, 0.05) is 23.7 Å². The molecule has 1 unspecified atom stereocenters. The summed E-state index contributed by atoms with van der Waals surface area (Å²) in [7, 11) is 0. The van der Waals surface area contributed by atoms with Crippen LogP contribution in [-0.4, -0.2) is 10.4 Å². The minimum absolute atomic E-state index is 0.242. The zero-order valence-corrected chi connectivity index (χ0v) is 14.1. The number of hydrogen-bond donors (Lipinski definition) is 0. The number of alkyl halides is 1. The van der Waals surface area contributed by atoms with Crippen LogP contribution in [0.2, 0.25) is 0 Å². The van der Waals surface area contributed by atoms with E-state index in [0.29, 0.717) is 11.3 Å². The molecule has 1 atom stereocenters. The average Bonchev–Trinajstić information content (AvgIpc) is 2.40. The molecule has 2 rings (SSSR count). The number of aromatic nitrogens is 1. The maximum absolute atomic E-state index is 6.66. The van der Waals surface area contributed by atoms with Crippen LogP contribution in [-0.2, 0) is 6.42 Å². The van der Waals surface area contributed by atoms with Crippen molar-refractivity contribution in [1.29, 1.82) is 0 Å². The van der Waals surface area contributed by atoms with Gasteiger partial charge in [0.15, 0.2) is 0 Å². The quantitative estimate of drug-likeness (QED) is 0.681. The van der Waals surface area contributed by atoms with Crippen molar-refractivity contribution in [3.05, 3.63) is 29.6 Å². The van der Waals surface area contributed by atoms with Crippen molar-refractivity contribution >= 4 is 11.6 Å². The molecule has 1 nitrogen and oxygen atoms in total. The number of aryl methyl sites for hydroxylation is 1. The predicted octanol–water partition coefficient (Wildman–Crippen LogP) is 5.39. The summed E-state index contributed by atoms with van der Waals surface area (Å²) in [5, 5.41) is 0.242. The molecule has 0 saturated heterocycles. The molecule has 1 heterocycles. The summed E-state index contributed by atoms with van der Waals surface area (Å²) in [6, 6.07) is 4.24. The largest absolute Gasteiger partial charge is 0.261 e. The van der Waals surface area contributed by atoms with Crippen molar-refractivity contribution in [2.45, 2.75) is 65.2 Å². The summed E-state index contributed by atoms with van der Waals surface area (Å²) in [5.74, 6) is 1.53. The third kappa shape index (κ3) is 4.22. The standard InChI is InChI=1S/C18H28ClN/c1-13-5-10-16(20-12-13)11-17(19)14-6-8-15(9-7-14)18(2,3)4/h5,10,12,14-15,17H,6-9,11H2,1-4H3. The number of rotatable bonds is 3. The molecule has 1 saturated carbocycles. The first-order valence-electron chi connectivity index (χ1n) is 7.92. The van der Waals surface area contributed by atoms with E-state index < -0.39 is 0 Å². The molecule has 0 radical (unpaired) electrons. The molecule has 1 aliphatic carbocycles. The molecule has 1 aromatic rings. The van der Waals surface area contributed by atoms with Crippen LogP contribution in [0.15, 0.2) is 18.3 Å². The Hall–Kier alpha value is -0.560.